The van der Waals surface area contributed by atoms with Gasteiger partial charge in [0, 0.05) is 38.8 Å². The lowest BCUT2D eigenvalue weighted by Gasteiger charge is -2.33. The molecular weight excluding hydrogens is 330 g/mol. The van der Waals surface area contributed by atoms with E-state index in [9.17, 15) is 4.79 Å². The first-order valence-corrected chi connectivity index (χ1v) is 10.2. The van der Waals surface area contributed by atoms with Crippen molar-refractivity contribution in [2.75, 3.05) is 26.2 Å². The summed E-state index contributed by atoms with van der Waals surface area (Å²) < 4.78 is 7.64. The number of hydrogen-bond acceptors (Lipinski definition) is 5. The Kier molecular flexibility index (Phi) is 5.87. The third-order valence-electron chi connectivity index (χ3n) is 5.85. The molecule has 1 saturated carbocycles. The molecule has 26 heavy (non-hydrogen) atoms. The number of nitrogens with zero attached hydrogens (tertiary/aromatic N) is 3. The van der Waals surface area contributed by atoms with E-state index in [0.717, 1.165) is 37.8 Å². The van der Waals surface area contributed by atoms with Gasteiger partial charge in [0.1, 0.15) is 6.10 Å². The highest BCUT2D eigenvalue weighted by atomic mass is 16.5. The van der Waals surface area contributed by atoms with Crippen molar-refractivity contribution in [3.8, 4) is 0 Å². The molecule has 4 rings (SSSR count). The fourth-order valence-electron chi connectivity index (χ4n) is 4.42. The number of carbonyl (C=O) groups is 1. The summed E-state index contributed by atoms with van der Waals surface area (Å²) in [6.07, 6.45) is 7.58. The molecule has 1 amide bonds. The van der Waals surface area contributed by atoms with Crippen LogP contribution in [-0.4, -0.2) is 59.0 Å². The van der Waals surface area contributed by atoms with Gasteiger partial charge in [0.2, 0.25) is 0 Å². The van der Waals surface area contributed by atoms with Crippen LogP contribution in [0, 0.1) is 0 Å². The molecule has 2 aliphatic heterocycles. The average molecular weight is 361 g/mol. The topological polar surface area (TPSA) is 71.4 Å². The quantitative estimate of drug-likeness (QED) is 0.838. The van der Waals surface area contributed by atoms with Crippen LogP contribution in [0.4, 0.5) is 0 Å². The summed E-state index contributed by atoms with van der Waals surface area (Å²) in [5.41, 5.74) is 2.23. The van der Waals surface area contributed by atoms with Crippen molar-refractivity contribution < 1.29 is 9.53 Å². The summed E-state index contributed by atoms with van der Waals surface area (Å²) >= 11 is 0. The summed E-state index contributed by atoms with van der Waals surface area (Å²) in [5.74, 6) is -0.0516. The number of nitrogens with one attached hydrogen (secondary N) is 2. The molecule has 7 heteroatoms. The molecule has 0 spiro atoms. The van der Waals surface area contributed by atoms with Gasteiger partial charge in [-0.05, 0) is 25.3 Å². The van der Waals surface area contributed by atoms with Crippen molar-refractivity contribution in [2.24, 2.45) is 0 Å². The Morgan fingerprint density at radius 2 is 2.15 bits per heavy atom. The van der Waals surface area contributed by atoms with E-state index in [-0.39, 0.29) is 12.0 Å². The maximum atomic E-state index is 12.2. The Balaban J connectivity index is 1.34. The number of aromatic nitrogens is 2. The first kappa shape index (κ1) is 17.9. The molecule has 7 nitrogen and oxygen atoms in total. The van der Waals surface area contributed by atoms with Crippen molar-refractivity contribution >= 4 is 5.91 Å². The fourth-order valence-corrected chi connectivity index (χ4v) is 4.42. The van der Waals surface area contributed by atoms with Crippen LogP contribution in [-0.2, 0) is 29.2 Å². The van der Waals surface area contributed by atoms with Crippen LogP contribution < -0.4 is 10.6 Å². The zero-order valence-corrected chi connectivity index (χ0v) is 15.6. The predicted molar refractivity (Wildman–Crippen MR) is 98.6 cm³/mol. The van der Waals surface area contributed by atoms with Crippen LogP contribution in [0.5, 0.6) is 0 Å². The minimum absolute atomic E-state index is 0.0516. The number of hydrogen-bond donors (Lipinski definition) is 2. The number of carbonyl (C=O) groups excluding carboxylic acids is 1. The molecule has 1 atom stereocenters. The maximum Gasteiger partial charge on any atom is 0.250 e. The lowest BCUT2D eigenvalue weighted by atomic mass is 9.94. The number of morpholine rings is 1. The van der Waals surface area contributed by atoms with Crippen LogP contribution in [0.3, 0.4) is 0 Å². The Labute approximate surface area is 155 Å². The van der Waals surface area contributed by atoms with Gasteiger partial charge in [-0.1, -0.05) is 19.3 Å². The fraction of sp³-hybridized carbons (Fsp3) is 0.789. The molecule has 0 aromatic carbocycles. The van der Waals surface area contributed by atoms with Crippen LogP contribution in [0.25, 0.3) is 0 Å². The SMILES string of the molecule is O=C(NCc1cc2n(n1)CCCN(C1CCCCC1)C2)[C@@H]1CNCCO1. The van der Waals surface area contributed by atoms with E-state index in [1.54, 1.807) is 0 Å². The highest BCUT2D eigenvalue weighted by Gasteiger charge is 2.25. The lowest BCUT2D eigenvalue weighted by Crippen LogP contribution is -2.47. The molecule has 1 aromatic rings. The third-order valence-corrected chi connectivity index (χ3v) is 5.85. The van der Waals surface area contributed by atoms with Crippen LogP contribution in [0.15, 0.2) is 6.07 Å². The molecule has 0 bridgehead atoms. The smallest absolute Gasteiger partial charge is 0.250 e. The van der Waals surface area contributed by atoms with Gasteiger partial charge in [-0.3, -0.25) is 14.4 Å². The van der Waals surface area contributed by atoms with E-state index in [0.29, 0.717) is 19.7 Å². The first-order valence-electron chi connectivity index (χ1n) is 10.2. The van der Waals surface area contributed by atoms with Gasteiger partial charge >= 0.3 is 0 Å². The highest BCUT2D eigenvalue weighted by Crippen LogP contribution is 2.26. The Hall–Kier alpha value is -1.44. The van der Waals surface area contributed by atoms with Crippen LogP contribution in [0.1, 0.15) is 49.9 Å². The zero-order chi connectivity index (χ0) is 17.8. The molecule has 0 radical (unpaired) electrons. The molecule has 1 aromatic heterocycles. The molecule has 0 unspecified atom stereocenters. The van der Waals surface area contributed by atoms with Gasteiger partial charge in [-0.15, -0.1) is 0 Å². The first-order chi connectivity index (χ1) is 12.8. The van der Waals surface area contributed by atoms with E-state index in [2.05, 4.69) is 26.3 Å². The van der Waals surface area contributed by atoms with E-state index in [4.69, 9.17) is 9.84 Å². The molecule has 3 heterocycles. The highest BCUT2D eigenvalue weighted by molar-refractivity contribution is 5.81. The molecule has 3 aliphatic rings. The normalized spacial score (nSPS) is 25.5. The number of ether oxygens (including phenoxy) is 1. The number of rotatable bonds is 4. The Morgan fingerprint density at radius 1 is 1.27 bits per heavy atom. The molecular formula is C19H31N5O2. The van der Waals surface area contributed by atoms with E-state index < -0.39 is 0 Å². The van der Waals surface area contributed by atoms with Crippen molar-refractivity contribution in [3.63, 3.8) is 0 Å². The third kappa shape index (κ3) is 4.27. The van der Waals surface area contributed by atoms with Gasteiger partial charge in [0.05, 0.1) is 24.5 Å². The summed E-state index contributed by atoms with van der Waals surface area (Å²) in [5, 5.41) is 10.9. The van der Waals surface area contributed by atoms with E-state index >= 15 is 0 Å². The van der Waals surface area contributed by atoms with Crippen molar-refractivity contribution in [3.05, 3.63) is 17.5 Å². The molecule has 1 saturated heterocycles. The van der Waals surface area contributed by atoms with Crippen LogP contribution >= 0.6 is 0 Å². The lowest BCUT2D eigenvalue weighted by molar-refractivity contribution is -0.134. The molecule has 144 valence electrons. The summed E-state index contributed by atoms with van der Waals surface area (Å²) in [7, 11) is 0. The average Bonchev–Trinajstić information content (AvgIpc) is 2.97. The van der Waals surface area contributed by atoms with E-state index in [1.165, 1.54) is 44.3 Å². The molecule has 1 aliphatic carbocycles. The monoisotopic (exact) mass is 361 g/mol. The zero-order valence-electron chi connectivity index (χ0n) is 15.6. The van der Waals surface area contributed by atoms with Gasteiger partial charge < -0.3 is 15.4 Å². The van der Waals surface area contributed by atoms with Gasteiger partial charge in [-0.25, -0.2) is 0 Å². The number of aryl methyl sites for hydroxylation is 1. The Bertz CT molecular complexity index is 605. The predicted octanol–water partition coefficient (Wildman–Crippen LogP) is 1.03. The minimum atomic E-state index is -0.383. The molecule has 2 fully saturated rings. The number of fused-ring (bicyclic) bond motifs is 1. The van der Waals surface area contributed by atoms with E-state index in [1.807, 2.05) is 0 Å². The second-order valence-corrected chi connectivity index (χ2v) is 7.75. The van der Waals surface area contributed by atoms with Gasteiger partial charge in [0.15, 0.2) is 0 Å². The van der Waals surface area contributed by atoms with Crippen LogP contribution in [0.2, 0.25) is 0 Å². The van der Waals surface area contributed by atoms with Crippen molar-refractivity contribution in [1.29, 1.82) is 0 Å². The minimum Gasteiger partial charge on any atom is -0.366 e. The summed E-state index contributed by atoms with van der Waals surface area (Å²) in [6.45, 7) is 5.60. The van der Waals surface area contributed by atoms with Gasteiger partial charge in [-0.2, -0.15) is 5.10 Å². The molecule has 2 N–H and O–H groups in total. The van der Waals surface area contributed by atoms with Gasteiger partial charge in [0.25, 0.3) is 5.91 Å². The second kappa shape index (κ2) is 8.50. The second-order valence-electron chi connectivity index (χ2n) is 7.75. The largest absolute Gasteiger partial charge is 0.366 e. The standard InChI is InChI=1S/C19H31N5O2/c25-19(18-13-20-7-10-26-18)21-12-15-11-17-14-23(8-4-9-24(17)22-15)16-5-2-1-3-6-16/h11,16,18,20H,1-10,12-14H2,(H,21,25)/t18-/m0/s1. The summed E-state index contributed by atoms with van der Waals surface area (Å²) in [6, 6.07) is 2.91. The Morgan fingerprint density at radius 3 is 2.96 bits per heavy atom. The van der Waals surface area contributed by atoms with Crippen molar-refractivity contribution in [1.82, 2.24) is 25.3 Å². The summed E-state index contributed by atoms with van der Waals surface area (Å²) in [4.78, 5) is 14.9. The van der Waals surface area contributed by atoms with Crippen molar-refractivity contribution in [2.45, 2.75) is 70.3 Å². The number of amides is 1. The maximum absolute atomic E-state index is 12.2.